The van der Waals surface area contributed by atoms with E-state index >= 15 is 0 Å². The maximum Gasteiger partial charge on any atom is 0.330 e. The fraction of sp³-hybridized carbons (Fsp3) is 0.286. The first-order chi connectivity index (χ1) is 8.65. The van der Waals surface area contributed by atoms with Gasteiger partial charge in [0, 0.05) is 12.5 Å². The molecular formula is C14H16O4. The molecular weight excluding hydrogens is 232 g/mol. The van der Waals surface area contributed by atoms with Gasteiger partial charge in [-0.1, -0.05) is 19.1 Å². The molecule has 0 unspecified atom stereocenters. The van der Waals surface area contributed by atoms with Gasteiger partial charge in [0.05, 0.1) is 7.11 Å². The van der Waals surface area contributed by atoms with E-state index in [1.165, 1.54) is 13.2 Å². The quantitative estimate of drug-likeness (QED) is 0.456. The van der Waals surface area contributed by atoms with Gasteiger partial charge in [-0.2, -0.15) is 0 Å². The van der Waals surface area contributed by atoms with Crippen LogP contribution in [0.1, 0.15) is 25.3 Å². The molecule has 0 fully saturated rings. The molecule has 0 N–H and O–H groups in total. The molecule has 0 saturated carbocycles. The third kappa shape index (κ3) is 4.82. The van der Waals surface area contributed by atoms with Gasteiger partial charge in [0.25, 0.3) is 0 Å². The lowest BCUT2D eigenvalue weighted by Crippen LogP contribution is -2.06. The number of carbonyl (C=O) groups is 2. The van der Waals surface area contributed by atoms with Gasteiger partial charge in [0.15, 0.2) is 0 Å². The summed E-state index contributed by atoms with van der Waals surface area (Å²) in [5.41, 5.74) is 0.829. The molecule has 0 aliphatic rings. The van der Waals surface area contributed by atoms with Crippen molar-refractivity contribution in [3.8, 4) is 5.75 Å². The molecule has 4 nitrogen and oxygen atoms in total. The van der Waals surface area contributed by atoms with E-state index < -0.39 is 5.97 Å². The topological polar surface area (TPSA) is 52.6 Å². The summed E-state index contributed by atoms with van der Waals surface area (Å²) >= 11 is 0. The van der Waals surface area contributed by atoms with Gasteiger partial charge in [-0.3, -0.25) is 4.79 Å². The first-order valence-electron chi connectivity index (χ1n) is 5.72. The summed E-state index contributed by atoms with van der Waals surface area (Å²) in [5.74, 6) is -0.146. The van der Waals surface area contributed by atoms with E-state index in [0.29, 0.717) is 12.2 Å². The predicted molar refractivity (Wildman–Crippen MR) is 68.0 cm³/mol. The highest BCUT2D eigenvalue weighted by atomic mass is 16.5. The molecule has 0 heterocycles. The zero-order chi connectivity index (χ0) is 13.4. The standard InChI is InChI=1S/C14H16O4/c1-3-4-14(16)18-12-8-5-11(6-9-12)7-10-13(15)17-2/h5-10H,3-4H2,1-2H3. The van der Waals surface area contributed by atoms with Crippen LogP contribution in [0.3, 0.4) is 0 Å². The minimum absolute atomic E-state index is 0.240. The molecule has 0 atom stereocenters. The molecule has 1 aromatic carbocycles. The number of esters is 2. The Kier molecular flexibility index (Phi) is 5.64. The zero-order valence-electron chi connectivity index (χ0n) is 10.5. The average Bonchev–Trinajstić information content (AvgIpc) is 2.37. The number of methoxy groups -OCH3 is 1. The molecule has 18 heavy (non-hydrogen) atoms. The summed E-state index contributed by atoms with van der Waals surface area (Å²) in [6.07, 6.45) is 4.13. The highest BCUT2D eigenvalue weighted by molar-refractivity contribution is 5.86. The molecule has 0 aromatic heterocycles. The van der Waals surface area contributed by atoms with Crippen LogP contribution in [0.4, 0.5) is 0 Å². The molecule has 0 amide bonds. The van der Waals surface area contributed by atoms with Crippen molar-refractivity contribution in [1.82, 2.24) is 0 Å². The maximum atomic E-state index is 11.3. The van der Waals surface area contributed by atoms with Gasteiger partial charge in [-0.05, 0) is 30.2 Å². The second-order valence-corrected chi connectivity index (χ2v) is 3.65. The van der Waals surface area contributed by atoms with Crippen LogP contribution in [0.5, 0.6) is 5.75 Å². The van der Waals surface area contributed by atoms with Gasteiger partial charge in [0.2, 0.25) is 0 Å². The lowest BCUT2D eigenvalue weighted by atomic mass is 10.2. The largest absolute Gasteiger partial charge is 0.466 e. The molecule has 0 spiro atoms. The number of benzene rings is 1. The highest BCUT2D eigenvalue weighted by Gasteiger charge is 2.02. The van der Waals surface area contributed by atoms with Crippen molar-refractivity contribution in [1.29, 1.82) is 0 Å². The van der Waals surface area contributed by atoms with Crippen molar-refractivity contribution in [3.05, 3.63) is 35.9 Å². The van der Waals surface area contributed by atoms with Crippen molar-refractivity contribution in [2.45, 2.75) is 19.8 Å². The fourth-order valence-electron chi connectivity index (χ4n) is 1.27. The van der Waals surface area contributed by atoms with E-state index in [4.69, 9.17) is 4.74 Å². The van der Waals surface area contributed by atoms with Crippen LogP contribution in [0.2, 0.25) is 0 Å². The van der Waals surface area contributed by atoms with E-state index in [0.717, 1.165) is 12.0 Å². The Bertz CT molecular complexity index is 432. The monoisotopic (exact) mass is 248 g/mol. The SMILES string of the molecule is CCCC(=O)Oc1ccc(C=CC(=O)OC)cc1. The van der Waals surface area contributed by atoms with E-state index in [2.05, 4.69) is 4.74 Å². The summed E-state index contributed by atoms with van der Waals surface area (Å²) in [4.78, 5) is 22.1. The zero-order valence-corrected chi connectivity index (χ0v) is 10.5. The normalized spacial score (nSPS) is 10.3. The van der Waals surface area contributed by atoms with Crippen molar-refractivity contribution in [3.63, 3.8) is 0 Å². The van der Waals surface area contributed by atoms with Crippen LogP contribution in [0, 0.1) is 0 Å². The number of carbonyl (C=O) groups excluding carboxylic acids is 2. The van der Waals surface area contributed by atoms with E-state index in [9.17, 15) is 9.59 Å². The first-order valence-corrected chi connectivity index (χ1v) is 5.72. The molecule has 0 radical (unpaired) electrons. The Morgan fingerprint density at radius 2 is 1.89 bits per heavy atom. The third-order valence-corrected chi connectivity index (χ3v) is 2.18. The van der Waals surface area contributed by atoms with Gasteiger partial charge in [0.1, 0.15) is 5.75 Å². The van der Waals surface area contributed by atoms with Crippen LogP contribution >= 0.6 is 0 Å². The Balaban J connectivity index is 2.60. The number of ether oxygens (including phenoxy) is 2. The van der Waals surface area contributed by atoms with Gasteiger partial charge >= 0.3 is 11.9 Å². The van der Waals surface area contributed by atoms with Crippen molar-refractivity contribution >= 4 is 18.0 Å². The summed E-state index contributed by atoms with van der Waals surface area (Å²) in [7, 11) is 1.32. The minimum atomic E-state index is -0.409. The Labute approximate surface area is 106 Å². The smallest absolute Gasteiger partial charge is 0.330 e. The second-order valence-electron chi connectivity index (χ2n) is 3.65. The van der Waals surface area contributed by atoms with Gasteiger partial charge in [-0.15, -0.1) is 0 Å². The van der Waals surface area contributed by atoms with Crippen LogP contribution in [-0.2, 0) is 14.3 Å². The third-order valence-electron chi connectivity index (χ3n) is 2.18. The van der Waals surface area contributed by atoms with Crippen LogP contribution in [-0.4, -0.2) is 19.0 Å². The molecule has 0 aliphatic carbocycles. The van der Waals surface area contributed by atoms with E-state index in [1.807, 2.05) is 6.92 Å². The molecule has 0 saturated heterocycles. The predicted octanol–water partition coefficient (Wildman–Crippen LogP) is 2.58. The Morgan fingerprint density at radius 3 is 2.44 bits per heavy atom. The number of rotatable bonds is 5. The lowest BCUT2D eigenvalue weighted by molar-refractivity contribution is -0.135. The Morgan fingerprint density at radius 1 is 1.22 bits per heavy atom. The molecule has 0 aliphatic heterocycles. The van der Waals surface area contributed by atoms with Gasteiger partial charge < -0.3 is 9.47 Å². The van der Waals surface area contributed by atoms with Crippen molar-refractivity contribution < 1.29 is 19.1 Å². The Hall–Kier alpha value is -2.10. The summed E-state index contributed by atoms with van der Waals surface area (Å²) in [6.45, 7) is 1.92. The van der Waals surface area contributed by atoms with Crippen LogP contribution in [0.15, 0.2) is 30.3 Å². The fourth-order valence-corrected chi connectivity index (χ4v) is 1.27. The molecule has 1 rings (SSSR count). The van der Waals surface area contributed by atoms with Crippen LogP contribution < -0.4 is 4.74 Å². The summed E-state index contributed by atoms with van der Waals surface area (Å²) in [5, 5.41) is 0. The first kappa shape index (κ1) is 14.0. The van der Waals surface area contributed by atoms with Crippen molar-refractivity contribution in [2.75, 3.05) is 7.11 Å². The number of hydrogen-bond donors (Lipinski definition) is 0. The lowest BCUT2D eigenvalue weighted by Gasteiger charge is -2.03. The van der Waals surface area contributed by atoms with Crippen molar-refractivity contribution in [2.24, 2.45) is 0 Å². The molecule has 1 aromatic rings. The summed E-state index contributed by atoms with van der Waals surface area (Å²) in [6, 6.07) is 6.89. The molecule has 4 heteroatoms. The number of hydrogen-bond acceptors (Lipinski definition) is 4. The minimum Gasteiger partial charge on any atom is -0.466 e. The van der Waals surface area contributed by atoms with Crippen LogP contribution in [0.25, 0.3) is 6.08 Å². The van der Waals surface area contributed by atoms with E-state index in [-0.39, 0.29) is 5.97 Å². The highest BCUT2D eigenvalue weighted by Crippen LogP contribution is 2.14. The van der Waals surface area contributed by atoms with Gasteiger partial charge in [-0.25, -0.2) is 4.79 Å². The average molecular weight is 248 g/mol. The molecule has 0 bridgehead atoms. The second kappa shape index (κ2) is 7.27. The van der Waals surface area contributed by atoms with E-state index in [1.54, 1.807) is 30.3 Å². The molecule has 96 valence electrons. The maximum absolute atomic E-state index is 11.3. The summed E-state index contributed by atoms with van der Waals surface area (Å²) < 4.78 is 9.58.